The Morgan fingerprint density at radius 2 is 2.15 bits per heavy atom. The average molecular weight is 287 g/mol. The molecule has 1 unspecified atom stereocenters. The predicted octanol–water partition coefficient (Wildman–Crippen LogP) is 2.15. The fourth-order valence-corrected chi connectivity index (χ4v) is 2.64. The van der Waals surface area contributed by atoms with E-state index < -0.39 is 0 Å². The summed E-state index contributed by atoms with van der Waals surface area (Å²) in [6.07, 6.45) is -0.0530. The number of hydrogen-bond acceptors (Lipinski definition) is 6. The lowest BCUT2D eigenvalue weighted by Crippen LogP contribution is -2.06. The molecule has 0 N–H and O–H groups in total. The zero-order chi connectivity index (χ0) is 14.7. The Bertz CT molecular complexity index is 703. The smallest absolute Gasteiger partial charge is 0.177 e. The van der Waals surface area contributed by atoms with Crippen molar-refractivity contribution in [3.63, 3.8) is 0 Å². The van der Waals surface area contributed by atoms with Crippen molar-refractivity contribution in [3.05, 3.63) is 33.3 Å². The van der Waals surface area contributed by atoms with Crippen LogP contribution < -0.4 is 0 Å². The van der Waals surface area contributed by atoms with Crippen molar-refractivity contribution in [1.82, 2.24) is 14.5 Å². The molecule has 6 nitrogen and oxygen atoms in total. The molecule has 0 bridgehead atoms. The van der Waals surface area contributed by atoms with Crippen LogP contribution in [0.2, 0.25) is 0 Å². The second kappa shape index (κ2) is 5.83. The topological polar surface area (TPSA) is 87.5 Å². The van der Waals surface area contributed by atoms with Gasteiger partial charge in [-0.2, -0.15) is 10.5 Å². The first-order valence-electron chi connectivity index (χ1n) is 5.95. The van der Waals surface area contributed by atoms with Gasteiger partial charge < -0.3 is 9.30 Å². The molecule has 0 fully saturated rings. The molecule has 0 aromatic carbocycles. The molecule has 0 spiro atoms. The highest BCUT2D eigenvalue weighted by molar-refractivity contribution is 7.09. The molecule has 0 aliphatic heterocycles. The lowest BCUT2D eigenvalue weighted by Gasteiger charge is -2.05. The maximum Gasteiger partial charge on any atom is 0.177 e. The van der Waals surface area contributed by atoms with Crippen LogP contribution in [0.5, 0.6) is 0 Å². The molecular weight excluding hydrogens is 274 g/mol. The summed E-state index contributed by atoms with van der Waals surface area (Å²) in [6.45, 7) is 4.13. The van der Waals surface area contributed by atoms with Crippen molar-refractivity contribution in [2.24, 2.45) is 0 Å². The third-order valence-corrected chi connectivity index (χ3v) is 4.02. The highest BCUT2D eigenvalue weighted by atomic mass is 32.1. The normalized spacial score (nSPS) is 11.8. The number of thiazole rings is 1. The molecule has 0 radical (unpaired) electrons. The lowest BCUT2D eigenvalue weighted by atomic mass is 10.3. The number of methoxy groups -OCH3 is 1. The first-order chi connectivity index (χ1) is 9.60. The molecule has 0 saturated heterocycles. The molecule has 2 aromatic rings. The van der Waals surface area contributed by atoms with Gasteiger partial charge in [0.05, 0.1) is 12.2 Å². The largest absolute Gasteiger partial charge is 0.375 e. The lowest BCUT2D eigenvalue weighted by molar-refractivity contribution is 0.119. The SMILES string of the molecule is COC(C)c1nc(Cn2c(C)nc(C#N)c2C#N)cs1. The van der Waals surface area contributed by atoms with Crippen molar-refractivity contribution in [3.8, 4) is 12.1 Å². The number of imidazole rings is 1. The Morgan fingerprint density at radius 1 is 1.40 bits per heavy atom. The van der Waals surface area contributed by atoms with Crippen LogP contribution in [0, 0.1) is 29.6 Å². The van der Waals surface area contributed by atoms with Gasteiger partial charge in [-0.1, -0.05) is 0 Å². The number of aryl methyl sites for hydroxylation is 1. The summed E-state index contributed by atoms with van der Waals surface area (Å²) in [6, 6.07) is 3.96. The van der Waals surface area contributed by atoms with Gasteiger partial charge in [-0.05, 0) is 13.8 Å². The fraction of sp³-hybridized carbons (Fsp3) is 0.385. The number of nitriles is 2. The van der Waals surface area contributed by atoms with Crippen LogP contribution in [-0.2, 0) is 11.3 Å². The first kappa shape index (κ1) is 14.2. The highest BCUT2D eigenvalue weighted by Gasteiger charge is 2.16. The number of nitrogens with zero attached hydrogens (tertiary/aromatic N) is 5. The Hall–Kier alpha value is -2.22. The number of ether oxygens (including phenoxy) is 1. The van der Waals surface area contributed by atoms with Crippen LogP contribution in [0.25, 0.3) is 0 Å². The number of rotatable bonds is 4. The van der Waals surface area contributed by atoms with Crippen LogP contribution in [0.3, 0.4) is 0 Å². The molecular formula is C13H13N5OS. The van der Waals surface area contributed by atoms with E-state index in [1.807, 2.05) is 24.4 Å². The van der Waals surface area contributed by atoms with Crippen LogP contribution in [0.1, 0.15) is 40.9 Å². The van der Waals surface area contributed by atoms with Gasteiger partial charge in [-0.15, -0.1) is 11.3 Å². The van der Waals surface area contributed by atoms with E-state index >= 15 is 0 Å². The van der Waals surface area contributed by atoms with Gasteiger partial charge in [0.2, 0.25) is 0 Å². The summed E-state index contributed by atoms with van der Waals surface area (Å²) in [5.74, 6) is 0.632. The Labute approximate surface area is 120 Å². The summed E-state index contributed by atoms with van der Waals surface area (Å²) in [5, 5.41) is 20.9. The van der Waals surface area contributed by atoms with Gasteiger partial charge in [0.1, 0.15) is 29.1 Å². The maximum atomic E-state index is 9.15. The van der Waals surface area contributed by atoms with Gasteiger partial charge in [0, 0.05) is 12.5 Å². The predicted molar refractivity (Wildman–Crippen MR) is 73.0 cm³/mol. The van der Waals surface area contributed by atoms with E-state index in [4.69, 9.17) is 15.3 Å². The van der Waals surface area contributed by atoms with Crippen molar-refractivity contribution < 1.29 is 4.74 Å². The molecule has 1 atom stereocenters. The average Bonchev–Trinajstić information content (AvgIpc) is 3.04. The van der Waals surface area contributed by atoms with E-state index in [0.717, 1.165) is 10.7 Å². The Kier molecular flexibility index (Phi) is 4.14. The summed E-state index contributed by atoms with van der Waals surface area (Å²) in [5.41, 5.74) is 1.26. The summed E-state index contributed by atoms with van der Waals surface area (Å²) in [4.78, 5) is 8.56. The summed E-state index contributed by atoms with van der Waals surface area (Å²) in [7, 11) is 1.64. The maximum absolute atomic E-state index is 9.15. The van der Waals surface area contributed by atoms with E-state index in [9.17, 15) is 0 Å². The quantitative estimate of drug-likeness (QED) is 0.859. The molecule has 0 aliphatic carbocycles. The minimum Gasteiger partial charge on any atom is -0.375 e. The van der Waals surface area contributed by atoms with E-state index in [-0.39, 0.29) is 17.5 Å². The van der Waals surface area contributed by atoms with Gasteiger partial charge in [-0.3, -0.25) is 0 Å². The molecule has 0 saturated carbocycles. The van der Waals surface area contributed by atoms with Crippen molar-refractivity contribution in [1.29, 1.82) is 10.5 Å². The van der Waals surface area contributed by atoms with Gasteiger partial charge in [0.25, 0.3) is 0 Å². The van der Waals surface area contributed by atoms with E-state index in [1.54, 1.807) is 18.6 Å². The molecule has 102 valence electrons. The standard InChI is InChI=1S/C13H13N5OS/c1-8(19-3)13-17-10(7-20-13)6-18-9(2)16-11(4-14)12(18)5-15/h7-8H,6H2,1-3H3. The molecule has 20 heavy (non-hydrogen) atoms. The second-order valence-corrected chi connectivity index (χ2v) is 5.11. The van der Waals surface area contributed by atoms with E-state index in [1.165, 1.54) is 11.3 Å². The van der Waals surface area contributed by atoms with Crippen molar-refractivity contribution >= 4 is 11.3 Å². The van der Waals surface area contributed by atoms with Crippen LogP contribution in [0.15, 0.2) is 5.38 Å². The van der Waals surface area contributed by atoms with E-state index in [0.29, 0.717) is 12.4 Å². The van der Waals surface area contributed by atoms with Gasteiger partial charge in [-0.25, -0.2) is 9.97 Å². The highest BCUT2D eigenvalue weighted by Crippen LogP contribution is 2.21. The van der Waals surface area contributed by atoms with Gasteiger partial charge in [0.15, 0.2) is 11.4 Å². The van der Waals surface area contributed by atoms with Crippen LogP contribution in [0.4, 0.5) is 0 Å². The third kappa shape index (κ3) is 2.55. The second-order valence-electron chi connectivity index (χ2n) is 4.22. The Morgan fingerprint density at radius 3 is 2.75 bits per heavy atom. The molecule has 0 aliphatic rings. The van der Waals surface area contributed by atoms with Crippen molar-refractivity contribution in [2.75, 3.05) is 7.11 Å². The molecule has 7 heteroatoms. The molecule has 2 heterocycles. The zero-order valence-corrected chi connectivity index (χ0v) is 12.2. The first-order valence-corrected chi connectivity index (χ1v) is 6.83. The number of hydrogen-bond donors (Lipinski definition) is 0. The number of aromatic nitrogens is 3. The zero-order valence-electron chi connectivity index (χ0n) is 11.4. The third-order valence-electron chi connectivity index (χ3n) is 2.96. The minimum absolute atomic E-state index is 0.0530. The van der Waals surface area contributed by atoms with Crippen LogP contribution in [-0.4, -0.2) is 21.6 Å². The van der Waals surface area contributed by atoms with Crippen molar-refractivity contribution in [2.45, 2.75) is 26.5 Å². The summed E-state index contributed by atoms with van der Waals surface area (Å²) < 4.78 is 6.93. The Balaban J connectivity index is 2.32. The van der Waals surface area contributed by atoms with Crippen LogP contribution >= 0.6 is 11.3 Å². The molecule has 0 amide bonds. The summed E-state index contributed by atoms with van der Waals surface area (Å²) >= 11 is 1.52. The minimum atomic E-state index is -0.0530. The van der Waals surface area contributed by atoms with E-state index in [2.05, 4.69) is 9.97 Å². The molecule has 2 rings (SSSR count). The fourth-order valence-electron chi connectivity index (χ4n) is 1.79. The van der Waals surface area contributed by atoms with Gasteiger partial charge >= 0.3 is 0 Å². The monoisotopic (exact) mass is 287 g/mol. The molecule has 2 aromatic heterocycles.